The number of benzene rings is 1. The molecule has 0 aliphatic carbocycles. The van der Waals surface area contributed by atoms with Crippen LogP contribution in [0.4, 0.5) is 0 Å². The summed E-state index contributed by atoms with van der Waals surface area (Å²) in [6.07, 6.45) is 7.76. The molecule has 0 N–H and O–H groups in total. The summed E-state index contributed by atoms with van der Waals surface area (Å²) < 4.78 is 5.50. The number of piperidine rings is 1. The molecule has 1 aliphatic rings. The van der Waals surface area contributed by atoms with Crippen molar-refractivity contribution in [3.05, 3.63) is 29.8 Å². The van der Waals surface area contributed by atoms with Gasteiger partial charge in [-0.3, -0.25) is 0 Å². The Bertz CT molecular complexity index is 492. The van der Waals surface area contributed by atoms with E-state index in [9.17, 15) is 0 Å². The summed E-state index contributed by atoms with van der Waals surface area (Å²) in [5, 5.41) is 0. The fourth-order valence-electron chi connectivity index (χ4n) is 5.08. The molecule has 1 atom stereocenters. The van der Waals surface area contributed by atoms with E-state index in [0.29, 0.717) is 5.41 Å². The zero-order valence-electron chi connectivity index (χ0n) is 15.8. The van der Waals surface area contributed by atoms with Crippen molar-refractivity contribution < 1.29 is 4.74 Å². The van der Waals surface area contributed by atoms with Crippen molar-refractivity contribution in [1.29, 1.82) is 0 Å². The molecule has 1 fully saturated rings. The summed E-state index contributed by atoms with van der Waals surface area (Å²) in [7, 11) is 4.08. The fraction of sp³-hybridized carbons (Fsp3) is 0.714. The van der Waals surface area contributed by atoms with Crippen molar-refractivity contribution in [2.75, 3.05) is 27.2 Å². The molecule has 2 rings (SSSR count). The normalized spacial score (nSPS) is 24.6. The van der Waals surface area contributed by atoms with Gasteiger partial charge in [-0.05, 0) is 55.8 Å². The molecule has 1 heterocycles. The molecule has 1 aromatic rings. The van der Waals surface area contributed by atoms with E-state index < -0.39 is 0 Å². The van der Waals surface area contributed by atoms with Gasteiger partial charge in [-0.1, -0.05) is 45.7 Å². The molecule has 1 aromatic carbocycles. The number of ether oxygens (including phenoxy) is 1. The van der Waals surface area contributed by atoms with E-state index >= 15 is 0 Å². The quantitative estimate of drug-likeness (QED) is 0.679. The Hall–Kier alpha value is -1.02. The van der Waals surface area contributed by atoms with Gasteiger partial charge in [-0.15, -0.1) is 0 Å². The molecular formula is C21H35NO. The highest BCUT2D eigenvalue weighted by Gasteiger charge is 2.45. The average molecular weight is 318 g/mol. The van der Waals surface area contributed by atoms with Crippen LogP contribution in [0.3, 0.4) is 0 Å². The van der Waals surface area contributed by atoms with Gasteiger partial charge in [0.15, 0.2) is 0 Å². The van der Waals surface area contributed by atoms with Crippen LogP contribution in [0, 0.1) is 5.41 Å². The van der Waals surface area contributed by atoms with Gasteiger partial charge in [-0.2, -0.15) is 0 Å². The summed E-state index contributed by atoms with van der Waals surface area (Å²) in [5.74, 6) is 0.986. The minimum absolute atomic E-state index is 0.256. The maximum Gasteiger partial charge on any atom is 0.119 e. The maximum absolute atomic E-state index is 5.50. The predicted octanol–water partition coefficient (Wildman–Crippen LogP) is 5.27. The van der Waals surface area contributed by atoms with E-state index in [1.165, 1.54) is 50.6 Å². The highest BCUT2D eigenvalue weighted by Crippen LogP contribution is 2.49. The summed E-state index contributed by atoms with van der Waals surface area (Å²) in [4.78, 5) is 2.58. The van der Waals surface area contributed by atoms with Gasteiger partial charge in [0, 0.05) is 18.5 Å². The Morgan fingerprint density at radius 1 is 1.09 bits per heavy atom. The molecule has 1 saturated heterocycles. The lowest BCUT2D eigenvalue weighted by Crippen LogP contribution is -2.53. The zero-order valence-corrected chi connectivity index (χ0v) is 15.8. The van der Waals surface area contributed by atoms with E-state index in [0.717, 1.165) is 12.3 Å². The second kappa shape index (κ2) is 7.70. The minimum atomic E-state index is 0.256. The Balaban J connectivity index is 2.42. The zero-order chi connectivity index (χ0) is 16.9. The third-order valence-electron chi connectivity index (χ3n) is 5.81. The molecule has 0 amide bonds. The van der Waals surface area contributed by atoms with Gasteiger partial charge in [0.25, 0.3) is 0 Å². The molecule has 130 valence electrons. The Kier molecular flexibility index (Phi) is 6.13. The molecule has 0 radical (unpaired) electrons. The van der Waals surface area contributed by atoms with E-state index in [4.69, 9.17) is 4.74 Å². The summed E-state index contributed by atoms with van der Waals surface area (Å²) in [6.45, 7) is 9.45. The van der Waals surface area contributed by atoms with Crippen LogP contribution in [0.1, 0.15) is 64.9 Å². The first-order chi connectivity index (χ1) is 11.0. The van der Waals surface area contributed by atoms with E-state index in [2.05, 4.69) is 57.0 Å². The lowest BCUT2D eigenvalue weighted by Gasteiger charge is -2.52. The molecule has 2 heteroatoms. The fourth-order valence-corrected chi connectivity index (χ4v) is 5.08. The van der Waals surface area contributed by atoms with Crippen molar-refractivity contribution >= 4 is 0 Å². The molecule has 0 aromatic heterocycles. The van der Waals surface area contributed by atoms with Crippen LogP contribution in [0.15, 0.2) is 24.3 Å². The standard InChI is InChI=1S/C21H35NO/c1-6-12-20(13-7-2)15-21(8-3,17-22(4)16-20)18-10-9-11-19(14-18)23-5/h9-11,14H,6-8,12-13,15-17H2,1-5H3. The number of hydrogen-bond donors (Lipinski definition) is 0. The molecule has 1 unspecified atom stereocenters. The van der Waals surface area contributed by atoms with E-state index in [-0.39, 0.29) is 5.41 Å². The predicted molar refractivity (Wildman–Crippen MR) is 99.3 cm³/mol. The molecule has 0 spiro atoms. The molecule has 0 bridgehead atoms. The molecule has 23 heavy (non-hydrogen) atoms. The van der Waals surface area contributed by atoms with Crippen LogP contribution in [0.5, 0.6) is 5.75 Å². The number of nitrogens with zero attached hydrogens (tertiary/aromatic N) is 1. The minimum Gasteiger partial charge on any atom is -0.497 e. The maximum atomic E-state index is 5.50. The average Bonchev–Trinajstić information content (AvgIpc) is 2.54. The van der Waals surface area contributed by atoms with Gasteiger partial charge in [0.1, 0.15) is 5.75 Å². The Labute approximate surface area is 143 Å². The van der Waals surface area contributed by atoms with Crippen LogP contribution in [-0.4, -0.2) is 32.1 Å². The highest BCUT2D eigenvalue weighted by molar-refractivity contribution is 5.35. The molecular weight excluding hydrogens is 282 g/mol. The molecule has 2 nitrogen and oxygen atoms in total. The number of hydrogen-bond acceptors (Lipinski definition) is 2. The number of likely N-dealkylation sites (N-methyl/N-ethyl adjacent to an activating group) is 1. The topological polar surface area (TPSA) is 12.5 Å². The van der Waals surface area contributed by atoms with Crippen LogP contribution < -0.4 is 4.74 Å². The van der Waals surface area contributed by atoms with Gasteiger partial charge in [0.05, 0.1) is 7.11 Å². The summed E-state index contributed by atoms with van der Waals surface area (Å²) in [5.41, 5.74) is 2.18. The summed E-state index contributed by atoms with van der Waals surface area (Å²) in [6, 6.07) is 8.80. The third-order valence-corrected chi connectivity index (χ3v) is 5.81. The van der Waals surface area contributed by atoms with Crippen molar-refractivity contribution in [2.45, 2.75) is 64.7 Å². The van der Waals surface area contributed by atoms with E-state index in [1.807, 2.05) is 0 Å². The molecule has 0 saturated carbocycles. The van der Waals surface area contributed by atoms with Crippen molar-refractivity contribution in [3.8, 4) is 5.75 Å². The van der Waals surface area contributed by atoms with Gasteiger partial charge >= 0.3 is 0 Å². The van der Waals surface area contributed by atoms with Crippen molar-refractivity contribution in [2.24, 2.45) is 5.41 Å². The summed E-state index contributed by atoms with van der Waals surface area (Å²) >= 11 is 0. The van der Waals surface area contributed by atoms with Gasteiger partial charge in [-0.25, -0.2) is 0 Å². The third kappa shape index (κ3) is 3.91. The molecule has 1 aliphatic heterocycles. The first-order valence-corrected chi connectivity index (χ1v) is 9.36. The monoisotopic (exact) mass is 317 g/mol. The number of methoxy groups -OCH3 is 1. The Morgan fingerprint density at radius 2 is 1.78 bits per heavy atom. The van der Waals surface area contributed by atoms with E-state index in [1.54, 1.807) is 7.11 Å². The second-order valence-corrected chi connectivity index (χ2v) is 7.71. The Morgan fingerprint density at radius 3 is 2.35 bits per heavy atom. The van der Waals surface area contributed by atoms with Gasteiger partial charge < -0.3 is 9.64 Å². The first kappa shape index (κ1) is 18.3. The van der Waals surface area contributed by atoms with Crippen molar-refractivity contribution in [1.82, 2.24) is 4.90 Å². The van der Waals surface area contributed by atoms with Gasteiger partial charge in [0.2, 0.25) is 0 Å². The number of likely N-dealkylation sites (tertiary alicyclic amines) is 1. The van der Waals surface area contributed by atoms with Crippen LogP contribution in [0.25, 0.3) is 0 Å². The van der Waals surface area contributed by atoms with Crippen LogP contribution in [0.2, 0.25) is 0 Å². The smallest absolute Gasteiger partial charge is 0.119 e. The number of rotatable bonds is 7. The lowest BCUT2D eigenvalue weighted by atomic mass is 9.60. The lowest BCUT2D eigenvalue weighted by molar-refractivity contribution is 0.0266. The second-order valence-electron chi connectivity index (χ2n) is 7.71. The SMILES string of the molecule is CCCC1(CCC)CN(C)CC(CC)(c2cccc(OC)c2)C1. The highest BCUT2D eigenvalue weighted by atomic mass is 16.5. The van der Waals surface area contributed by atoms with Crippen molar-refractivity contribution in [3.63, 3.8) is 0 Å². The first-order valence-electron chi connectivity index (χ1n) is 9.36. The van der Waals surface area contributed by atoms with Crippen LogP contribution >= 0.6 is 0 Å². The van der Waals surface area contributed by atoms with Crippen LogP contribution in [-0.2, 0) is 5.41 Å². The largest absolute Gasteiger partial charge is 0.497 e.